The largest absolute Gasteiger partial charge is 0.413 e. The average molecular weight is 301 g/mol. The van der Waals surface area contributed by atoms with E-state index < -0.39 is 20.8 Å². The van der Waals surface area contributed by atoms with Crippen molar-refractivity contribution < 1.29 is 29.6 Å². The van der Waals surface area contributed by atoms with E-state index in [2.05, 4.69) is 26.5 Å². The second kappa shape index (κ2) is 6.68. The monoisotopic (exact) mass is 300 g/mol. The van der Waals surface area contributed by atoms with Crippen LogP contribution >= 0.6 is 15.9 Å². The number of hydrogen-bond acceptors (Lipinski definition) is 5. The van der Waals surface area contributed by atoms with Crippen LogP contribution in [0.2, 0.25) is 0 Å². The van der Waals surface area contributed by atoms with Crippen LogP contribution in [0.3, 0.4) is 0 Å². The Balaban J connectivity index is 0. The van der Waals surface area contributed by atoms with Crippen molar-refractivity contribution in [2.75, 3.05) is 5.33 Å². The molecule has 0 spiro atoms. The zero-order valence-corrected chi connectivity index (χ0v) is 9.76. The summed E-state index contributed by atoms with van der Waals surface area (Å²) in [6.45, 7) is 2.13. The molecule has 0 radical (unpaired) electrons. The smallest absolute Gasteiger partial charge is 0.263 e. The molecular weight excluding hydrogens is 292 g/mol. The van der Waals surface area contributed by atoms with Crippen LogP contribution in [0.25, 0.3) is 0 Å². The van der Waals surface area contributed by atoms with Crippen LogP contribution in [0.15, 0.2) is 0 Å². The number of alkyl halides is 1. The predicted octanol–water partition coefficient (Wildman–Crippen LogP) is 0.400. The summed E-state index contributed by atoms with van der Waals surface area (Å²) < 4.78 is 55.6. The maximum Gasteiger partial charge on any atom is 0.413 e. The minimum Gasteiger partial charge on any atom is -0.263 e. The summed E-state index contributed by atoms with van der Waals surface area (Å²) in [7, 11) is -10.2. The Labute approximate surface area is 85.1 Å². The third kappa shape index (κ3) is 24.5. The molecule has 0 heterocycles. The van der Waals surface area contributed by atoms with E-state index >= 15 is 0 Å². The predicted molar refractivity (Wildman–Crippen MR) is 48.3 cm³/mol. The number of hydrogen-bond donors (Lipinski definition) is 2. The van der Waals surface area contributed by atoms with E-state index in [1.807, 2.05) is 0 Å². The lowest BCUT2D eigenvalue weighted by Gasteiger charge is -1.89. The molecule has 2 N–H and O–H groups in total. The third-order valence-corrected chi connectivity index (χ3v) is 2.53. The van der Waals surface area contributed by atoms with Crippen molar-refractivity contribution in [1.82, 2.24) is 0 Å². The van der Waals surface area contributed by atoms with Crippen molar-refractivity contribution in [2.24, 2.45) is 0 Å². The maximum atomic E-state index is 9.44. The lowest BCUT2D eigenvalue weighted by Crippen LogP contribution is -2.10. The lowest BCUT2D eigenvalue weighted by molar-refractivity contribution is 0.344. The second-order valence-electron chi connectivity index (χ2n) is 1.61. The van der Waals surface area contributed by atoms with Gasteiger partial charge < -0.3 is 0 Å². The molecule has 0 saturated heterocycles. The van der Waals surface area contributed by atoms with Crippen LogP contribution < -0.4 is 0 Å². The topological polar surface area (TPSA) is 118 Å². The fraction of sp³-hybridized carbons (Fsp3) is 1.00. The van der Waals surface area contributed by atoms with Crippen LogP contribution in [0.1, 0.15) is 13.3 Å². The lowest BCUT2D eigenvalue weighted by atomic mass is 10.6. The van der Waals surface area contributed by atoms with Crippen molar-refractivity contribution >= 4 is 36.7 Å². The van der Waals surface area contributed by atoms with Gasteiger partial charge in [0.05, 0.1) is 0 Å². The standard InChI is InChI=1S/C3H7Br.H2O7S2/c1-2-3-4;1-8(2,3)7-9(4,5)6/h2-3H2,1H3;(H,1,2,3)(H,4,5,6). The first-order chi connectivity index (χ1) is 5.62. The summed E-state index contributed by atoms with van der Waals surface area (Å²) in [6, 6.07) is 0. The van der Waals surface area contributed by atoms with Crippen molar-refractivity contribution in [3.05, 3.63) is 0 Å². The van der Waals surface area contributed by atoms with Crippen LogP contribution in [-0.2, 0) is 24.4 Å². The summed E-state index contributed by atoms with van der Waals surface area (Å²) >= 11 is 3.25. The average Bonchev–Trinajstić information content (AvgIpc) is 1.80. The minimum atomic E-state index is -5.12. The summed E-state index contributed by atoms with van der Waals surface area (Å²) in [4.78, 5) is 0. The van der Waals surface area contributed by atoms with Crippen LogP contribution in [-0.4, -0.2) is 31.3 Å². The summed E-state index contributed by atoms with van der Waals surface area (Å²) in [5, 5.41) is 1.13. The van der Waals surface area contributed by atoms with Gasteiger partial charge in [-0.15, -0.1) is 3.63 Å². The van der Waals surface area contributed by atoms with Gasteiger partial charge in [0, 0.05) is 5.33 Å². The Morgan fingerprint density at radius 3 is 1.38 bits per heavy atom. The summed E-state index contributed by atoms with van der Waals surface area (Å²) in [6.07, 6.45) is 1.24. The summed E-state index contributed by atoms with van der Waals surface area (Å²) in [5.74, 6) is 0. The van der Waals surface area contributed by atoms with E-state index in [0.717, 1.165) is 5.33 Å². The molecule has 0 aliphatic heterocycles. The first-order valence-electron chi connectivity index (χ1n) is 2.84. The van der Waals surface area contributed by atoms with Gasteiger partial charge in [0.25, 0.3) is 0 Å². The van der Waals surface area contributed by atoms with Gasteiger partial charge in [0.2, 0.25) is 0 Å². The highest BCUT2D eigenvalue weighted by Gasteiger charge is 2.15. The molecule has 82 valence electrons. The molecule has 7 nitrogen and oxygen atoms in total. The Kier molecular flexibility index (Phi) is 8.07. The van der Waals surface area contributed by atoms with Gasteiger partial charge in [-0.25, -0.2) is 0 Å². The van der Waals surface area contributed by atoms with Crippen molar-refractivity contribution in [3.8, 4) is 0 Å². The molecular formula is C3H9BrO7S2. The minimum absolute atomic E-state index is 1.13. The van der Waals surface area contributed by atoms with E-state index in [1.165, 1.54) is 6.42 Å². The Bertz CT molecular complexity index is 271. The van der Waals surface area contributed by atoms with Crippen LogP contribution in [0, 0.1) is 0 Å². The van der Waals surface area contributed by atoms with Gasteiger partial charge in [-0.05, 0) is 6.42 Å². The van der Waals surface area contributed by atoms with Gasteiger partial charge >= 0.3 is 20.8 Å². The SMILES string of the molecule is CCCBr.O=S(=O)(O)OS(=O)(=O)O. The first kappa shape index (κ1) is 15.7. The second-order valence-corrected chi connectivity index (χ2v) is 4.66. The Hall–Kier alpha value is 0.260. The van der Waals surface area contributed by atoms with Gasteiger partial charge in [-0.2, -0.15) is 16.8 Å². The van der Waals surface area contributed by atoms with E-state index in [-0.39, 0.29) is 0 Å². The number of halogens is 1. The molecule has 0 aromatic heterocycles. The first-order valence-corrected chi connectivity index (χ1v) is 6.69. The Morgan fingerprint density at radius 2 is 1.38 bits per heavy atom. The van der Waals surface area contributed by atoms with E-state index in [9.17, 15) is 16.8 Å². The highest BCUT2D eigenvalue weighted by Crippen LogP contribution is 1.91. The normalized spacial score (nSPS) is 11.7. The van der Waals surface area contributed by atoms with Crippen molar-refractivity contribution in [2.45, 2.75) is 13.3 Å². The molecule has 0 amide bonds. The van der Waals surface area contributed by atoms with Gasteiger partial charge in [0.15, 0.2) is 0 Å². The highest BCUT2D eigenvalue weighted by molar-refractivity contribution is 9.09. The van der Waals surface area contributed by atoms with E-state index in [4.69, 9.17) is 9.11 Å². The van der Waals surface area contributed by atoms with Gasteiger partial charge in [-0.3, -0.25) is 9.11 Å². The molecule has 0 aliphatic carbocycles. The highest BCUT2D eigenvalue weighted by atomic mass is 79.9. The zero-order valence-electron chi connectivity index (χ0n) is 6.54. The van der Waals surface area contributed by atoms with Crippen LogP contribution in [0.4, 0.5) is 0 Å². The number of rotatable bonds is 3. The molecule has 0 aromatic rings. The molecule has 0 aromatic carbocycles. The molecule has 13 heavy (non-hydrogen) atoms. The fourth-order valence-corrected chi connectivity index (χ4v) is 0.978. The zero-order chi connectivity index (χ0) is 11.1. The maximum absolute atomic E-state index is 9.44. The van der Waals surface area contributed by atoms with Crippen molar-refractivity contribution in [3.63, 3.8) is 0 Å². The molecule has 0 rings (SSSR count). The molecule has 10 heteroatoms. The quantitative estimate of drug-likeness (QED) is 0.572. The molecule has 0 fully saturated rings. The molecule has 0 saturated carbocycles. The third-order valence-electron chi connectivity index (χ3n) is 0.361. The van der Waals surface area contributed by atoms with E-state index in [0.29, 0.717) is 0 Å². The van der Waals surface area contributed by atoms with Gasteiger partial charge in [0.1, 0.15) is 0 Å². The van der Waals surface area contributed by atoms with Gasteiger partial charge in [-0.1, -0.05) is 22.9 Å². The van der Waals surface area contributed by atoms with E-state index in [1.54, 1.807) is 0 Å². The fourth-order valence-electron chi connectivity index (χ4n) is 0.109. The van der Waals surface area contributed by atoms with Crippen molar-refractivity contribution in [1.29, 1.82) is 0 Å². The molecule has 0 bridgehead atoms. The molecule has 0 aliphatic rings. The van der Waals surface area contributed by atoms with Crippen LogP contribution in [0.5, 0.6) is 0 Å². The molecule has 0 unspecified atom stereocenters. The summed E-state index contributed by atoms with van der Waals surface area (Å²) in [5.41, 5.74) is 0. The molecule has 0 atom stereocenters. The Morgan fingerprint density at radius 1 is 1.15 bits per heavy atom.